The van der Waals surface area contributed by atoms with Crippen LogP contribution in [0.1, 0.15) is 10.5 Å². The Hall–Kier alpha value is -3.48. The molecule has 114 valence electrons. The number of aromatic nitrogens is 2. The summed E-state index contributed by atoms with van der Waals surface area (Å²) in [6.45, 7) is 0. The van der Waals surface area contributed by atoms with E-state index in [0.29, 0.717) is 16.9 Å². The minimum atomic E-state index is -1.14. The molecule has 0 spiro atoms. The Morgan fingerprint density at radius 2 is 1.74 bits per heavy atom. The number of hydrogen-bond acceptors (Lipinski definition) is 4. The van der Waals surface area contributed by atoms with Gasteiger partial charge in [-0.15, -0.1) is 0 Å². The maximum Gasteiger partial charge on any atom is 0.356 e. The molecule has 0 amide bonds. The molecular formula is C16H11N3O4. The van der Waals surface area contributed by atoms with Gasteiger partial charge in [-0.3, -0.25) is 10.1 Å². The van der Waals surface area contributed by atoms with Gasteiger partial charge >= 0.3 is 5.97 Å². The van der Waals surface area contributed by atoms with Crippen molar-refractivity contribution in [2.75, 3.05) is 0 Å². The van der Waals surface area contributed by atoms with Crippen LogP contribution < -0.4 is 0 Å². The average molecular weight is 309 g/mol. The number of aromatic carboxylic acids is 1. The van der Waals surface area contributed by atoms with Gasteiger partial charge in [0.25, 0.3) is 5.69 Å². The van der Waals surface area contributed by atoms with Crippen molar-refractivity contribution in [1.82, 2.24) is 9.78 Å². The predicted molar refractivity (Wildman–Crippen MR) is 82.6 cm³/mol. The van der Waals surface area contributed by atoms with Crippen LogP contribution >= 0.6 is 0 Å². The van der Waals surface area contributed by atoms with Crippen molar-refractivity contribution in [2.24, 2.45) is 0 Å². The average Bonchev–Trinajstić information content (AvgIpc) is 3.01. The molecule has 3 rings (SSSR count). The minimum absolute atomic E-state index is 0.0296. The number of carboxylic acid groups (broad SMARTS) is 1. The zero-order valence-electron chi connectivity index (χ0n) is 11.8. The van der Waals surface area contributed by atoms with E-state index in [1.807, 2.05) is 18.2 Å². The molecule has 0 aliphatic rings. The van der Waals surface area contributed by atoms with E-state index in [0.717, 1.165) is 0 Å². The van der Waals surface area contributed by atoms with Crippen LogP contribution in [0.5, 0.6) is 0 Å². The fourth-order valence-corrected chi connectivity index (χ4v) is 2.21. The van der Waals surface area contributed by atoms with Crippen LogP contribution in [0.15, 0.2) is 60.7 Å². The number of carbonyl (C=O) groups is 1. The van der Waals surface area contributed by atoms with Gasteiger partial charge in [-0.05, 0) is 30.3 Å². The van der Waals surface area contributed by atoms with Gasteiger partial charge in [-0.1, -0.05) is 18.2 Å². The summed E-state index contributed by atoms with van der Waals surface area (Å²) in [6.07, 6.45) is 0. The molecule has 23 heavy (non-hydrogen) atoms. The number of carboxylic acids is 1. The van der Waals surface area contributed by atoms with E-state index in [2.05, 4.69) is 5.10 Å². The predicted octanol–water partition coefficient (Wildman–Crippen LogP) is 3.15. The van der Waals surface area contributed by atoms with Crippen molar-refractivity contribution in [3.63, 3.8) is 0 Å². The number of hydrogen-bond donors (Lipinski definition) is 1. The quantitative estimate of drug-likeness (QED) is 0.589. The second-order valence-electron chi connectivity index (χ2n) is 4.77. The van der Waals surface area contributed by atoms with Crippen LogP contribution in [0.3, 0.4) is 0 Å². The van der Waals surface area contributed by atoms with E-state index in [9.17, 15) is 14.9 Å². The number of nitrogens with zero attached hydrogens (tertiary/aromatic N) is 3. The Morgan fingerprint density at radius 3 is 2.30 bits per heavy atom. The van der Waals surface area contributed by atoms with Crippen LogP contribution in [0.25, 0.3) is 16.9 Å². The monoisotopic (exact) mass is 309 g/mol. The number of nitro benzene ring substituents is 1. The van der Waals surface area contributed by atoms with E-state index in [-0.39, 0.29) is 11.4 Å². The molecule has 0 aliphatic carbocycles. The standard InChI is InChI=1S/C16H11N3O4/c20-16(21)14-10-15(11-6-8-13(9-7-11)19(22)23)18(17-14)12-4-2-1-3-5-12/h1-10H,(H,20,21). The van der Waals surface area contributed by atoms with E-state index in [4.69, 9.17) is 5.11 Å². The third-order valence-corrected chi connectivity index (χ3v) is 3.30. The first-order valence-corrected chi connectivity index (χ1v) is 6.70. The molecular weight excluding hydrogens is 298 g/mol. The lowest BCUT2D eigenvalue weighted by molar-refractivity contribution is -0.384. The Kier molecular flexibility index (Phi) is 3.60. The molecule has 1 N–H and O–H groups in total. The van der Waals surface area contributed by atoms with Crippen LogP contribution in [-0.2, 0) is 0 Å². The molecule has 0 saturated carbocycles. The van der Waals surface area contributed by atoms with Gasteiger partial charge in [0, 0.05) is 17.7 Å². The molecule has 0 atom stereocenters. The van der Waals surface area contributed by atoms with Crippen LogP contribution in [0.4, 0.5) is 5.69 Å². The highest BCUT2D eigenvalue weighted by Gasteiger charge is 2.16. The highest BCUT2D eigenvalue weighted by Crippen LogP contribution is 2.26. The molecule has 0 bridgehead atoms. The molecule has 1 aromatic heterocycles. The molecule has 7 nitrogen and oxygen atoms in total. The van der Waals surface area contributed by atoms with E-state index < -0.39 is 10.9 Å². The number of non-ortho nitro benzene ring substituents is 1. The Labute approximate surface area is 130 Å². The van der Waals surface area contributed by atoms with Crippen molar-refractivity contribution >= 4 is 11.7 Å². The summed E-state index contributed by atoms with van der Waals surface area (Å²) < 4.78 is 1.50. The zero-order chi connectivity index (χ0) is 16.4. The number of nitro groups is 1. The molecule has 3 aromatic rings. The van der Waals surface area contributed by atoms with Crippen LogP contribution in [0.2, 0.25) is 0 Å². The molecule has 0 fully saturated rings. The fourth-order valence-electron chi connectivity index (χ4n) is 2.21. The van der Waals surface area contributed by atoms with Gasteiger partial charge in [0.1, 0.15) is 0 Å². The molecule has 0 radical (unpaired) electrons. The van der Waals surface area contributed by atoms with Crippen molar-refractivity contribution in [3.05, 3.63) is 76.5 Å². The zero-order valence-corrected chi connectivity index (χ0v) is 11.8. The topological polar surface area (TPSA) is 98.3 Å². The van der Waals surface area contributed by atoms with E-state index in [1.54, 1.807) is 24.3 Å². The first-order valence-electron chi connectivity index (χ1n) is 6.70. The van der Waals surface area contributed by atoms with Gasteiger partial charge in [-0.2, -0.15) is 5.10 Å². The highest BCUT2D eigenvalue weighted by molar-refractivity contribution is 5.87. The largest absolute Gasteiger partial charge is 0.476 e. The van der Waals surface area contributed by atoms with Crippen molar-refractivity contribution in [3.8, 4) is 16.9 Å². The summed E-state index contributed by atoms with van der Waals surface area (Å²) >= 11 is 0. The smallest absolute Gasteiger partial charge is 0.356 e. The first-order chi connectivity index (χ1) is 11.1. The van der Waals surface area contributed by atoms with Crippen LogP contribution in [0, 0.1) is 10.1 Å². The summed E-state index contributed by atoms with van der Waals surface area (Å²) in [6, 6.07) is 16.4. The molecule has 0 aliphatic heterocycles. The van der Waals surface area contributed by atoms with Crippen molar-refractivity contribution in [1.29, 1.82) is 0 Å². The number of para-hydroxylation sites is 1. The SMILES string of the molecule is O=C(O)c1cc(-c2ccc([N+](=O)[O-])cc2)n(-c2ccccc2)n1. The first kappa shape index (κ1) is 14.5. The minimum Gasteiger partial charge on any atom is -0.476 e. The highest BCUT2D eigenvalue weighted by atomic mass is 16.6. The summed E-state index contributed by atoms with van der Waals surface area (Å²) in [5.74, 6) is -1.14. The molecule has 1 heterocycles. The normalized spacial score (nSPS) is 10.4. The Balaban J connectivity index is 2.14. The van der Waals surface area contributed by atoms with E-state index in [1.165, 1.54) is 22.9 Å². The molecule has 0 unspecified atom stereocenters. The second kappa shape index (κ2) is 5.72. The van der Waals surface area contributed by atoms with Gasteiger partial charge in [-0.25, -0.2) is 9.48 Å². The number of benzene rings is 2. The summed E-state index contributed by atoms with van der Waals surface area (Å²) in [5.41, 5.74) is 1.76. The van der Waals surface area contributed by atoms with Gasteiger partial charge in [0.2, 0.25) is 0 Å². The van der Waals surface area contributed by atoms with Crippen molar-refractivity contribution in [2.45, 2.75) is 0 Å². The third-order valence-electron chi connectivity index (χ3n) is 3.30. The van der Waals surface area contributed by atoms with Gasteiger partial charge < -0.3 is 5.11 Å². The maximum atomic E-state index is 11.2. The molecule has 7 heteroatoms. The molecule has 2 aromatic carbocycles. The third kappa shape index (κ3) is 2.80. The molecule has 0 saturated heterocycles. The Morgan fingerprint density at radius 1 is 1.09 bits per heavy atom. The van der Waals surface area contributed by atoms with Gasteiger partial charge in [0.15, 0.2) is 5.69 Å². The summed E-state index contributed by atoms with van der Waals surface area (Å²) in [7, 11) is 0. The Bertz CT molecular complexity index is 870. The lowest BCUT2D eigenvalue weighted by Gasteiger charge is -2.07. The van der Waals surface area contributed by atoms with Crippen molar-refractivity contribution < 1.29 is 14.8 Å². The lowest BCUT2D eigenvalue weighted by atomic mass is 10.1. The fraction of sp³-hybridized carbons (Fsp3) is 0. The van der Waals surface area contributed by atoms with Crippen LogP contribution in [-0.4, -0.2) is 25.8 Å². The summed E-state index contributed by atoms with van der Waals surface area (Å²) in [4.78, 5) is 21.5. The van der Waals surface area contributed by atoms with Gasteiger partial charge in [0.05, 0.1) is 16.3 Å². The maximum absolute atomic E-state index is 11.2. The summed E-state index contributed by atoms with van der Waals surface area (Å²) in [5, 5.41) is 24.0. The second-order valence-corrected chi connectivity index (χ2v) is 4.77. The number of rotatable bonds is 4. The lowest BCUT2D eigenvalue weighted by Crippen LogP contribution is -2.02. The van der Waals surface area contributed by atoms with E-state index >= 15 is 0 Å².